The standard InChI is InChI=1S/C18H14F4N6/c1-10(13-6-12(19)2-3-15(13)20)25-16-4-5-27-17(26-16)14(8-24-27)11-7-23-28(9-11)18(21)22/h2-10,18H,1H3,(H,25,26)/t10-/m1/s1. The van der Waals surface area contributed by atoms with Gasteiger partial charge in [0.1, 0.15) is 17.5 Å². The largest absolute Gasteiger partial charge is 0.363 e. The summed E-state index contributed by atoms with van der Waals surface area (Å²) in [5, 5.41) is 10.8. The van der Waals surface area contributed by atoms with E-state index >= 15 is 0 Å². The van der Waals surface area contributed by atoms with Crippen LogP contribution in [0.15, 0.2) is 49.1 Å². The number of alkyl halides is 2. The van der Waals surface area contributed by atoms with E-state index in [4.69, 9.17) is 0 Å². The first kappa shape index (κ1) is 18.0. The summed E-state index contributed by atoms with van der Waals surface area (Å²) >= 11 is 0. The first-order chi connectivity index (χ1) is 13.4. The zero-order chi connectivity index (χ0) is 19.8. The molecule has 144 valence electrons. The van der Waals surface area contributed by atoms with Crippen LogP contribution in [0.25, 0.3) is 16.8 Å². The number of fused-ring (bicyclic) bond motifs is 1. The third-order valence-corrected chi connectivity index (χ3v) is 4.27. The van der Waals surface area contributed by atoms with Crippen molar-refractivity contribution in [1.82, 2.24) is 24.4 Å². The van der Waals surface area contributed by atoms with Crippen molar-refractivity contribution < 1.29 is 17.6 Å². The Morgan fingerprint density at radius 1 is 1.07 bits per heavy atom. The topological polar surface area (TPSA) is 60.0 Å². The molecule has 3 heterocycles. The predicted molar refractivity (Wildman–Crippen MR) is 93.9 cm³/mol. The number of benzene rings is 1. The van der Waals surface area contributed by atoms with E-state index in [2.05, 4.69) is 20.5 Å². The molecule has 0 aliphatic rings. The summed E-state index contributed by atoms with van der Waals surface area (Å²) in [5.41, 5.74) is 1.52. The van der Waals surface area contributed by atoms with Gasteiger partial charge in [0.05, 0.1) is 18.4 Å². The molecule has 0 saturated carbocycles. The maximum Gasteiger partial charge on any atom is 0.333 e. The Kier molecular flexibility index (Phi) is 4.46. The summed E-state index contributed by atoms with van der Waals surface area (Å²) in [4.78, 5) is 4.43. The smallest absolute Gasteiger partial charge is 0.333 e. The van der Waals surface area contributed by atoms with Gasteiger partial charge in [0.2, 0.25) is 0 Å². The number of anilines is 1. The highest BCUT2D eigenvalue weighted by Gasteiger charge is 2.16. The average Bonchev–Trinajstić information content (AvgIpc) is 3.30. The van der Waals surface area contributed by atoms with Gasteiger partial charge >= 0.3 is 6.55 Å². The summed E-state index contributed by atoms with van der Waals surface area (Å²) in [6.07, 6.45) is 5.62. The molecule has 1 atom stereocenters. The van der Waals surface area contributed by atoms with Gasteiger partial charge in [0.25, 0.3) is 0 Å². The van der Waals surface area contributed by atoms with Gasteiger partial charge in [-0.05, 0) is 31.2 Å². The Balaban J connectivity index is 1.66. The molecular weight excluding hydrogens is 376 g/mol. The molecule has 10 heteroatoms. The molecule has 28 heavy (non-hydrogen) atoms. The van der Waals surface area contributed by atoms with Crippen molar-refractivity contribution in [2.45, 2.75) is 19.5 Å². The number of nitrogens with zero attached hydrogens (tertiary/aromatic N) is 5. The van der Waals surface area contributed by atoms with Crippen LogP contribution in [-0.4, -0.2) is 24.4 Å². The highest BCUT2D eigenvalue weighted by molar-refractivity contribution is 5.76. The molecular formula is C18H14F4N6. The number of hydrogen-bond donors (Lipinski definition) is 1. The van der Waals surface area contributed by atoms with Crippen LogP contribution in [-0.2, 0) is 0 Å². The van der Waals surface area contributed by atoms with Crippen LogP contribution in [0.1, 0.15) is 25.1 Å². The van der Waals surface area contributed by atoms with Crippen molar-refractivity contribution in [3.63, 3.8) is 0 Å². The summed E-state index contributed by atoms with van der Waals surface area (Å²) in [6.45, 7) is -1.07. The predicted octanol–water partition coefficient (Wildman–Crippen LogP) is 4.44. The minimum absolute atomic E-state index is 0.161. The van der Waals surface area contributed by atoms with Crippen LogP contribution >= 0.6 is 0 Å². The van der Waals surface area contributed by atoms with E-state index in [1.807, 2.05) is 0 Å². The Labute approximate surface area is 156 Å². The van der Waals surface area contributed by atoms with E-state index in [1.54, 1.807) is 19.2 Å². The Morgan fingerprint density at radius 3 is 2.64 bits per heavy atom. The van der Waals surface area contributed by atoms with Gasteiger partial charge in [-0.1, -0.05) is 0 Å². The maximum atomic E-state index is 14.0. The van der Waals surface area contributed by atoms with E-state index in [9.17, 15) is 17.6 Å². The van der Waals surface area contributed by atoms with Gasteiger partial charge in [0, 0.05) is 29.1 Å². The molecule has 4 aromatic rings. The van der Waals surface area contributed by atoms with Crippen molar-refractivity contribution >= 4 is 11.5 Å². The zero-order valence-corrected chi connectivity index (χ0v) is 14.5. The average molecular weight is 390 g/mol. The van der Waals surface area contributed by atoms with Crippen molar-refractivity contribution in [1.29, 1.82) is 0 Å². The number of rotatable bonds is 5. The number of halogens is 4. The van der Waals surface area contributed by atoms with Gasteiger partial charge in [-0.3, -0.25) is 0 Å². The van der Waals surface area contributed by atoms with Gasteiger partial charge in [-0.2, -0.15) is 19.0 Å². The zero-order valence-electron chi connectivity index (χ0n) is 14.5. The first-order valence-corrected chi connectivity index (χ1v) is 8.31. The van der Waals surface area contributed by atoms with Gasteiger partial charge in [-0.15, -0.1) is 0 Å². The second-order valence-corrected chi connectivity index (χ2v) is 6.16. The molecule has 1 N–H and O–H groups in total. The molecule has 1 aromatic carbocycles. The SMILES string of the molecule is C[C@@H](Nc1ccn2ncc(-c3cnn(C(F)F)c3)c2n1)c1cc(F)ccc1F. The van der Waals surface area contributed by atoms with E-state index < -0.39 is 24.2 Å². The molecule has 3 aromatic heterocycles. The molecule has 0 aliphatic carbocycles. The lowest BCUT2D eigenvalue weighted by molar-refractivity contribution is 0.0566. The molecule has 0 saturated heterocycles. The van der Waals surface area contributed by atoms with Gasteiger partial charge < -0.3 is 5.32 Å². The second kappa shape index (κ2) is 6.95. The summed E-state index contributed by atoms with van der Waals surface area (Å²) in [7, 11) is 0. The minimum Gasteiger partial charge on any atom is -0.363 e. The van der Waals surface area contributed by atoms with Crippen LogP contribution in [0.3, 0.4) is 0 Å². The molecule has 0 amide bonds. The minimum atomic E-state index is -2.75. The molecule has 0 bridgehead atoms. The highest BCUT2D eigenvalue weighted by Crippen LogP contribution is 2.26. The van der Waals surface area contributed by atoms with Crippen LogP contribution in [0, 0.1) is 11.6 Å². The third-order valence-electron chi connectivity index (χ3n) is 4.27. The fourth-order valence-electron chi connectivity index (χ4n) is 2.88. The lowest BCUT2D eigenvalue weighted by Gasteiger charge is -2.16. The lowest BCUT2D eigenvalue weighted by Crippen LogP contribution is -2.10. The van der Waals surface area contributed by atoms with E-state index in [0.29, 0.717) is 27.3 Å². The van der Waals surface area contributed by atoms with Crippen LogP contribution in [0.4, 0.5) is 23.4 Å². The fourth-order valence-corrected chi connectivity index (χ4v) is 2.88. The van der Waals surface area contributed by atoms with Crippen molar-refractivity contribution in [2.75, 3.05) is 5.32 Å². The number of hydrogen-bond acceptors (Lipinski definition) is 4. The molecule has 0 unspecified atom stereocenters. The Hall–Kier alpha value is -3.43. The summed E-state index contributed by atoms with van der Waals surface area (Å²) in [6, 6.07) is 4.30. The number of nitrogens with one attached hydrogen (secondary N) is 1. The molecule has 0 spiro atoms. The quantitative estimate of drug-likeness (QED) is 0.512. The first-order valence-electron chi connectivity index (χ1n) is 8.31. The highest BCUT2D eigenvalue weighted by atomic mass is 19.3. The normalized spacial score (nSPS) is 12.6. The summed E-state index contributed by atoms with van der Waals surface area (Å²) in [5.74, 6) is -0.679. The Morgan fingerprint density at radius 2 is 1.89 bits per heavy atom. The van der Waals surface area contributed by atoms with Crippen molar-refractivity contribution in [2.24, 2.45) is 0 Å². The maximum absolute atomic E-state index is 14.0. The van der Waals surface area contributed by atoms with Gasteiger partial charge in [-0.25, -0.2) is 23.0 Å². The Bertz CT molecular complexity index is 1140. The van der Waals surface area contributed by atoms with Crippen molar-refractivity contribution in [3.8, 4) is 11.1 Å². The molecule has 0 aliphatic heterocycles. The van der Waals surface area contributed by atoms with Crippen LogP contribution in [0.5, 0.6) is 0 Å². The van der Waals surface area contributed by atoms with Crippen molar-refractivity contribution in [3.05, 3.63) is 66.3 Å². The fraction of sp³-hybridized carbons (Fsp3) is 0.167. The van der Waals surface area contributed by atoms with Crippen LogP contribution in [0.2, 0.25) is 0 Å². The van der Waals surface area contributed by atoms with Crippen LogP contribution < -0.4 is 5.32 Å². The molecule has 4 rings (SSSR count). The monoisotopic (exact) mass is 390 g/mol. The lowest BCUT2D eigenvalue weighted by atomic mass is 10.1. The van der Waals surface area contributed by atoms with E-state index in [-0.39, 0.29) is 5.56 Å². The second-order valence-electron chi connectivity index (χ2n) is 6.16. The summed E-state index contributed by atoms with van der Waals surface area (Å²) < 4.78 is 54.9. The van der Waals surface area contributed by atoms with E-state index in [1.165, 1.54) is 23.1 Å². The molecule has 0 fully saturated rings. The van der Waals surface area contributed by atoms with E-state index in [0.717, 1.165) is 18.2 Å². The molecule has 6 nitrogen and oxygen atoms in total. The third kappa shape index (κ3) is 3.28. The number of aromatic nitrogens is 5. The molecule has 0 radical (unpaired) electrons. The van der Waals surface area contributed by atoms with Gasteiger partial charge in [0.15, 0.2) is 5.65 Å².